The summed E-state index contributed by atoms with van der Waals surface area (Å²) < 4.78 is 0. The Kier molecular flexibility index (Phi) is 4.80. The number of carbonyl (C=O) groups excluding carboxylic acids is 1. The van der Waals surface area contributed by atoms with E-state index in [1.54, 1.807) is 0 Å². The standard InChI is InChI=1S/C13H24N2O2/c16-12-9-14-7-11(12)8-15-13(17)6-5-10-3-1-2-4-10/h10-12,14,16H,1-9H2,(H,15,17). The maximum atomic E-state index is 11.6. The van der Waals surface area contributed by atoms with Gasteiger partial charge < -0.3 is 15.7 Å². The van der Waals surface area contributed by atoms with E-state index in [4.69, 9.17) is 0 Å². The molecule has 3 N–H and O–H groups in total. The number of nitrogens with one attached hydrogen (secondary N) is 2. The highest BCUT2D eigenvalue weighted by Gasteiger charge is 2.25. The average molecular weight is 240 g/mol. The van der Waals surface area contributed by atoms with Gasteiger partial charge >= 0.3 is 0 Å². The monoisotopic (exact) mass is 240 g/mol. The highest BCUT2D eigenvalue weighted by atomic mass is 16.3. The number of amides is 1. The molecule has 1 aliphatic carbocycles. The fourth-order valence-corrected chi connectivity index (χ4v) is 2.90. The second-order valence-electron chi connectivity index (χ2n) is 5.48. The summed E-state index contributed by atoms with van der Waals surface area (Å²) >= 11 is 0. The molecule has 0 bridgehead atoms. The van der Waals surface area contributed by atoms with Crippen molar-refractivity contribution in [1.29, 1.82) is 0 Å². The summed E-state index contributed by atoms with van der Waals surface area (Å²) in [6.45, 7) is 2.07. The molecule has 0 aromatic heterocycles. The third-order valence-corrected chi connectivity index (χ3v) is 4.12. The topological polar surface area (TPSA) is 61.4 Å². The fraction of sp³-hybridized carbons (Fsp3) is 0.923. The van der Waals surface area contributed by atoms with E-state index in [0.717, 1.165) is 18.9 Å². The Hall–Kier alpha value is -0.610. The third kappa shape index (κ3) is 3.96. The maximum Gasteiger partial charge on any atom is 0.220 e. The summed E-state index contributed by atoms with van der Waals surface area (Å²) in [5, 5.41) is 15.7. The minimum absolute atomic E-state index is 0.149. The van der Waals surface area contributed by atoms with Crippen molar-refractivity contribution in [3.8, 4) is 0 Å². The summed E-state index contributed by atoms with van der Waals surface area (Å²) in [7, 11) is 0. The van der Waals surface area contributed by atoms with Crippen LogP contribution in [0.25, 0.3) is 0 Å². The van der Waals surface area contributed by atoms with E-state index in [0.29, 0.717) is 19.5 Å². The predicted octanol–water partition coefficient (Wildman–Crippen LogP) is 0.653. The summed E-state index contributed by atoms with van der Waals surface area (Å²) in [5.74, 6) is 1.11. The van der Waals surface area contributed by atoms with Gasteiger partial charge in [0.15, 0.2) is 0 Å². The molecule has 98 valence electrons. The largest absolute Gasteiger partial charge is 0.391 e. The van der Waals surface area contributed by atoms with Crippen molar-refractivity contribution >= 4 is 5.91 Å². The minimum atomic E-state index is -0.301. The molecule has 2 fully saturated rings. The van der Waals surface area contributed by atoms with Gasteiger partial charge in [-0.3, -0.25) is 4.79 Å². The molecule has 1 saturated carbocycles. The van der Waals surface area contributed by atoms with E-state index in [9.17, 15) is 9.90 Å². The smallest absolute Gasteiger partial charge is 0.220 e. The molecule has 2 atom stereocenters. The summed E-state index contributed by atoms with van der Waals surface area (Å²) in [6, 6.07) is 0. The van der Waals surface area contributed by atoms with Gasteiger partial charge in [-0.1, -0.05) is 25.7 Å². The van der Waals surface area contributed by atoms with Crippen molar-refractivity contribution in [3.63, 3.8) is 0 Å². The van der Waals surface area contributed by atoms with Gasteiger partial charge in [0, 0.05) is 32.0 Å². The fourth-order valence-electron chi connectivity index (χ4n) is 2.90. The zero-order chi connectivity index (χ0) is 12.1. The van der Waals surface area contributed by atoms with Crippen LogP contribution >= 0.6 is 0 Å². The highest BCUT2D eigenvalue weighted by Crippen LogP contribution is 2.28. The molecule has 2 unspecified atom stereocenters. The van der Waals surface area contributed by atoms with Gasteiger partial charge in [-0.2, -0.15) is 0 Å². The van der Waals surface area contributed by atoms with Crippen LogP contribution in [0.4, 0.5) is 0 Å². The second kappa shape index (κ2) is 6.36. The Morgan fingerprint density at radius 3 is 2.71 bits per heavy atom. The predicted molar refractivity (Wildman–Crippen MR) is 66.6 cm³/mol. The lowest BCUT2D eigenvalue weighted by molar-refractivity contribution is -0.121. The van der Waals surface area contributed by atoms with E-state index in [1.165, 1.54) is 25.7 Å². The van der Waals surface area contributed by atoms with Crippen molar-refractivity contribution in [2.24, 2.45) is 11.8 Å². The lowest BCUT2D eigenvalue weighted by Gasteiger charge is -2.14. The lowest BCUT2D eigenvalue weighted by atomic mass is 10.0. The molecule has 4 nitrogen and oxygen atoms in total. The Bertz CT molecular complexity index is 252. The van der Waals surface area contributed by atoms with Crippen molar-refractivity contribution in [3.05, 3.63) is 0 Å². The van der Waals surface area contributed by atoms with Crippen molar-refractivity contribution in [2.75, 3.05) is 19.6 Å². The summed E-state index contributed by atoms with van der Waals surface area (Å²) in [4.78, 5) is 11.6. The van der Waals surface area contributed by atoms with E-state index in [1.807, 2.05) is 0 Å². The van der Waals surface area contributed by atoms with Crippen LogP contribution in [0.1, 0.15) is 38.5 Å². The lowest BCUT2D eigenvalue weighted by Crippen LogP contribution is -2.34. The van der Waals surface area contributed by atoms with Gasteiger partial charge in [-0.15, -0.1) is 0 Å². The van der Waals surface area contributed by atoms with Crippen LogP contribution < -0.4 is 10.6 Å². The van der Waals surface area contributed by atoms with Gasteiger partial charge in [0.1, 0.15) is 0 Å². The van der Waals surface area contributed by atoms with E-state index in [2.05, 4.69) is 10.6 Å². The molecule has 0 aromatic rings. The molecule has 17 heavy (non-hydrogen) atoms. The van der Waals surface area contributed by atoms with Crippen LogP contribution in [0.5, 0.6) is 0 Å². The minimum Gasteiger partial charge on any atom is -0.391 e. The molecule has 0 radical (unpaired) electrons. The Balaban J connectivity index is 1.57. The van der Waals surface area contributed by atoms with Gasteiger partial charge in [0.2, 0.25) is 5.91 Å². The van der Waals surface area contributed by atoms with Crippen molar-refractivity contribution in [1.82, 2.24) is 10.6 Å². The van der Waals surface area contributed by atoms with Gasteiger partial charge in [-0.25, -0.2) is 0 Å². The van der Waals surface area contributed by atoms with Crippen molar-refractivity contribution in [2.45, 2.75) is 44.6 Å². The molecule has 1 aliphatic heterocycles. The van der Waals surface area contributed by atoms with Crippen molar-refractivity contribution < 1.29 is 9.90 Å². The number of β-amino-alcohol motifs (C(OH)–C–C–N with tert-alkyl or cyclic N) is 1. The second-order valence-corrected chi connectivity index (χ2v) is 5.48. The van der Waals surface area contributed by atoms with Crippen LogP contribution in [-0.4, -0.2) is 36.8 Å². The first kappa shape index (κ1) is 12.8. The van der Waals surface area contributed by atoms with Gasteiger partial charge in [-0.05, 0) is 12.3 Å². The molecule has 4 heteroatoms. The van der Waals surface area contributed by atoms with Crippen LogP contribution in [0.2, 0.25) is 0 Å². The Morgan fingerprint density at radius 2 is 2.06 bits per heavy atom. The molecule has 2 aliphatic rings. The number of carbonyl (C=O) groups is 1. The first-order valence-electron chi connectivity index (χ1n) is 6.91. The summed E-state index contributed by atoms with van der Waals surface area (Å²) in [6.07, 6.45) is 6.68. The van der Waals surface area contributed by atoms with Crippen LogP contribution in [0.3, 0.4) is 0 Å². The molecule has 0 spiro atoms. The molecule has 1 saturated heterocycles. The zero-order valence-corrected chi connectivity index (χ0v) is 10.5. The molecular formula is C13H24N2O2. The first-order valence-corrected chi connectivity index (χ1v) is 6.91. The third-order valence-electron chi connectivity index (χ3n) is 4.12. The number of aliphatic hydroxyl groups excluding tert-OH is 1. The normalized spacial score (nSPS) is 29.7. The SMILES string of the molecule is O=C(CCC1CCCC1)NCC1CNCC1O. The number of hydrogen-bond donors (Lipinski definition) is 3. The van der Waals surface area contributed by atoms with E-state index < -0.39 is 0 Å². The number of hydrogen-bond acceptors (Lipinski definition) is 3. The van der Waals surface area contributed by atoms with Gasteiger partial charge in [0.25, 0.3) is 0 Å². The molecular weight excluding hydrogens is 216 g/mol. The maximum absolute atomic E-state index is 11.6. The van der Waals surface area contributed by atoms with Crippen LogP contribution in [-0.2, 0) is 4.79 Å². The van der Waals surface area contributed by atoms with Crippen LogP contribution in [0.15, 0.2) is 0 Å². The molecule has 2 rings (SSSR count). The number of rotatable bonds is 5. The zero-order valence-electron chi connectivity index (χ0n) is 10.5. The Morgan fingerprint density at radius 1 is 1.29 bits per heavy atom. The first-order chi connectivity index (χ1) is 8.25. The number of aliphatic hydroxyl groups is 1. The highest BCUT2D eigenvalue weighted by molar-refractivity contribution is 5.75. The molecule has 1 amide bonds. The summed E-state index contributed by atoms with van der Waals surface area (Å²) in [5.41, 5.74) is 0. The van der Waals surface area contributed by atoms with Gasteiger partial charge in [0.05, 0.1) is 6.10 Å². The molecule has 1 heterocycles. The molecule has 0 aromatic carbocycles. The average Bonchev–Trinajstić information content (AvgIpc) is 2.95. The quantitative estimate of drug-likeness (QED) is 0.661. The van der Waals surface area contributed by atoms with E-state index >= 15 is 0 Å². The van der Waals surface area contributed by atoms with E-state index in [-0.39, 0.29) is 17.9 Å². The Labute approximate surface area is 103 Å². The van der Waals surface area contributed by atoms with Crippen LogP contribution in [0, 0.1) is 11.8 Å².